The average Bonchev–Trinajstić information content (AvgIpc) is 2.36. The number of carbonyl (C=O) groups is 2. The highest BCUT2D eigenvalue weighted by molar-refractivity contribution is 5.79. The molecule has 0 spiro atoms. The molecule has 2 N–H and O–H groups in total. The molecule has 1 fully saturated rings. The van der Waals surface area contributed by atoms with Gasteiger partial charge in [-0.25, -0.2) is 0 Å². The first-order valence-corrected chi connectivity index (χ1v) is 7.42. The highest BCUT2D eigenvalue weighted by Crippen LogP contribution is 2.33. The van der Waals surface area contributed by atoms with E-state index in [1.54, 1.807) is 0 Å². The highest BCUT2D eigenvalue weighted by atomic mass is 16.4. The predicted molar refractivity (Wildman–Crippen MR) is 74.8 cm³/mol. The minimum absolute atomic E-state index is 0.0496. The first kappa shape index (κ1) is 16.0. The minimum atomic E-state index is -0.807. The lowest BCUT2D eigenvalue weighted by molar-refractivity contribution is -0.137. The fourth-order valence-electron chi connectivity index (χ4n) is 2.82. The molecule has 0 heterocycles. The van der Waals surface area contributed by atoms with Crippen LogP contribution in [-0.4, -0.2) is 23.0 Å². The summed E-state index contributed by atoms with van der Waals surface area (Å²) in [6.45, 7) is 6.37. The van der Waals surface area contributed by atoms with Crippen LogP contribution >= 0.6 is 0 Å². The third-order valence-corrected chi connectivity index (χ3v) is 4.27. The third kappa shape index (κ3) is 5.62. The van der Waals surface area contributed by atoms with E-state index in [4.69, 9.17) is 5.11 Å². The van der Waals surface area contributed by atoms with Crippen molar-refractivity contribution in [3.05, 3.63) is 0 Å². The number of carbonyl (C=O) groups excluding carboxylic acids is 1. The summed E-state index contributed by atoms with van der Waals surface area (Å²) in [6.07, 6.45) is 4.84. The molecular formula is C15H27NO3. The van der Waals surface area contributed by atoms with Crippen molar-refractivity contribution < 1.29 is 14.7 Å². The Morgan fingerprint density at radius 2 is 1.74 bits per heavy atom. The summed E-state index contributed by atoms with van der Waals surface area (Å²) < 4.78 is 0. The van der Waals surface area contributed by atoms with Crippen LogP contribution in [-0.2, 0) is 9.59 Å². The molecule has 0 saturated heterocycles. The van der Waals surface area contributed by atoms with Crippen molar-refractivity contribution in [2.75, 3.05) is 0 Å². The molecule has 110 valence electrons. The summed E-state index contributed by atoms with van der Waals surface area (Å²) in [4.78, 5) is 22.5. The molecule has 4 heteroatoms. The number of amides is 1. The third-order valence-electron chi connectivity index (χ3n) is 4.27. The molecule has 4 nitrogen and oxygen atoms in total. The number of rotatable bonds is 6. The Labute approximate surface area is 116 Å². The van der Waals surface area contributed by atoms with Gasteiger partial charge in [0.1, 0.15) is 0 Å². The summed E-state index contributed by atoms with van der Waals surface area (Å²) >= 11 is 0. The van der Waals surface area contributed by atoms with E-state index in [9.17, 15) is 9.59 Å². The summed E-state index contributed by atoms with van der Waals surface area (Å²) in [5.74, 6) is 0.896. The van der Waals surface area contributed by atoms with Gasteiger partial charge in [-0.05, 0) is 50.9 Å². The first-order valence-electron chi connectivity index (χ1n) is 7.42. The second-order valence-corrected chi connectivity index (χ2v) is 6.20. The topological polar surface area (TPSA) is 66.4 Å². The molecule has 0 aromatic carbocycles. The van der Waals surface area contributed by atoms with Crippen molar-refractivity contribution in [2.24, 2.45) is 17.8 Å². The van der Waals surface area contributed by atoms with Gasteiger partial charge in [0.05, 0.1) is 0 Å². The monoisotopic (exact) mass is 269 g/mol. The first-order chi connectivity index (χ1) is 8.90. The van der Waals surface area contributed by atoms with Crippen molar-refractivity contribution in [1.82, 2.24) is 5.32 Å². The Hall–Kier alpha value is -1.06. The predicted octanol–water partition coefficient (Wildman–Crippen LogP) is 2.82. The molecule has 0 aliphatic heterocycles. The molecule has 1 aliphatic carbocycles. The summed E-state index contributed by atoms with van der Waals surface area (Å²) in [6, 6.07) is -0.0496. The zero-order valence-corrected chi connectivity index (χ0v) is 12.3. The molecule has 0 radical (unpaired) electrons. The van der Waals surface area contributed by atoms with Gasteiger partial charge < -0.3 is 10.4 Å². The Balaban J connectivity index is 2.29. The Bertz CT molecular complexity index is 307. The second-order valence-electron chi connectivity index (χ2n) is 6.20. The van der Waals surface area contributed by atoms with Gasteiger partial charge in [0.2, 0.25) is 5.91 Å². The standard InChI is InChI=1S/C15H27NO3/c1-10(2)12-5-7-13(8-6-12)15(19)16-11(3)4-9-14(17)18/h10-13H,4-9H2,1-3H3,(H,16,19)(H,17,18). The van der Waals surface area contributed by atoms with E-state index in [0.29, 0.717) is 12.3 Å². The zero-order chi connectivity index (χ0) is 14.4. The molecule has 1 saturated carbocycles. The highest BCUT2D eigenvalue weighted by Gasteiger charge is 2.28. The lowest BCUT2D eigenvalue weighted by atomic mass is 9.76. The molecule has 1 amide bonds. The summed E-state index contributed by atoms with van der Waals surface area (Å²) in [5.41, 5.74) is 0. The van der Waals surface area contributed by atoms with Crippen LogP contribution in [0.15, 0.2) is 0 Å². The van der Waals surface area contributed by atoms with Crippen LogP contribution in [0.2, 0.25) is 0 Å². The molecule has 1 unspecified atom stereocenters. The second kappa shape index (κ2) is 7.51. The lowest BCUT2D eigenvalue weighted by Gasteiger charge is -2.30. The van der Waals surface area contributed by atoms with E-state index in [0.717, 1.165) is 31.6 Å². The number of nitrogens with one attached hydrogen (secondary N) is 1. The number of hydrogen-bond acceptors (Lipinski definition) is 2. The van der Waals surface area contributed by atoms with Crippen molar-refractivity contribution in [3.63, 3.8) is 0 Å². The SMILES string of the molecule is CC(CCC(=O)O)NC(=O)C1CCC(C(C)C)CC1. The Morgan fingerprint density at radius 1 is 1.16 bits per heavy atom. The average molecular weight is 269 g/mol. The van der Waals surface area contributed by atoms with Gasteiger partial charge >= 0.3 is 5.97 Å². The van der Waals surface area contributed by atoms with E-state index in [1.165, 1.54) is 0 Å². The van der Waals surface area contributed by atoms with Crippen LogP contribution < -0.4 is 5.32 Å². The minimum Gasteiger partial charge on any atom is -0.481 e. The quantitative estimate of drug-likeness (QED) is 0.779. The van der Waals surface area contributed by atoms with Crippen LogP contribution in [0.1, 0.15) is 59.3 Å². The van der Waals surface area contributed by atoms with Crippen LogP contribution in [0.3, 0.4) is 0 Å². The van der Waals surface area contributed by atoms with E-state index < -0.39 is 5.97 Å². The van der Waals surface area contributed by atoms with E-state index in [-0.39, 0.29) is 24.3 Å². The van der Waals surface area contributed by atoms with Gasteiger partial charge in [0.25, 0.3) is 0 Å². The van der Waals surface area contributed by atoms with Crippen molar-refractivity contribution in [2.45, 2.75) is 65.3 Å². The molecule has 1 aliphatic rings. The molecule has 1 rings (SSSR count). The van der Waals surface area contributed by atoms with Crippen molar-refractivity contribution in [1.29, 1.82) is 0 Å². The molecule has 0 aromatic rings. The summed E-state index contributed by atoms with van der Waals surface area (Å²) in [7, 11) is 0. The molecule has 19 heavy (non-hydrogen) atoms. The van der Waals surface area contributed by atoms with Crippen molar-refractivity contribution >= 4 is 11.9 Å². The van der Waals surface area contributed by atoms with Crippen LogP contribution in [0, 0.1) is 17.8 Å². The van der Waals surface area contributed by atoms with Crippen LogP contribution in [0.4, 0.5) is 0 Å². The maximum absolute atomic E-state index is 12.1. The molecule has 0 bridgehead atoms. The number of hydrogen-bond donors (Lipinski definition) is 2. The van der Waals surface area contributed by atoms with Gasteiger partial charge in [-0.3, -0.25) is 9.59 Å². The fraction of sp³-hybridized carbons (Fsp3) is 0.867. The van der Waals surface area contributed by atoms with E-state index in [1.807, 2.05) is 6.92 Å². The van der Waals surface area contributed by atoms with Crippen molar-refractivity contribution in [3.8, 4) is 0 Å². The largest absolute Gasteiger partial charge is 0.481 e. The maximum Gasteiger partial charge on any atom is 0.303 e. The molecular weight excluding hydrogens is 242 g/mol. The smallest absolute Gasteiger partial charge is 0.303 e. The van der Waals surface area contributed by atoms with Gasteiger partial charge in [-0.15, -0.1) is 0 Å². The summed E-state index contributed by atoms with van der Waals surface area (Å²) in [5, 5.41) is 11.6. The number of carboxylic acids is 1. The normalized spacial score (nSPS) is 25.1. The molecule has 1 atom stereocenters. The van der Waals surface area contributed by atoms with Gasteiger partial charge in [-0.2, -0.15) is 0 Å². The van der Waals surface area contributed by atoms with E-state index >= 15 is 0 Å². The molecule has 0 aromatic heterocycles. The Kier molecular flexibility index (Phi) is 6.32. The van der Waals surface area contributed by atoms with Gasteiger partial charge in [0, 0.05) is 18.4 Å². The fourth-order valence-corrected chi connectivity index (χ4v) is 2.82. The van der Waals surface area contributed by atoms with Crippen LogP contribution in [0.25, 0.3) is 0 Å². The van der Waals surface area contributed by atoms with Gasteiger partial charge in [0.15, 0.2) is 0 Å². The van der Waals surface area contributed by atoms with E-state index in [2.05, 4.69) is 19.2 Å². The number of carboxylic acid groups (broad SMARTS) is 1. The van der Waals surface area contributed by atoms with Crippen LogP contribution in [0.5, 0.6) is 0 Å². The lowest BCUT2D eigenvalue weighted by Crippen LogP contribution is -2.39. The number of aliphatic carboxylic acids is 1. The van der Waals surface area contributed by atoms with Gasteiger partial charge in [-0.1, -0.05) is 13.8 Å². The Morgan fingerprint density at radius 3 is 2.21 bits per heavy atom. The zero-order valence-electron chi connectivity index (χ0n) is 12.3. The maximum atomic E-state index is 12.1.